The van der Waals surface area contributed by atoms with Crippen LogP contribution in [0.1, 0.15) is 49.1 Å². The number of carbonyl (C=O) groups excluding carboxylic acids is 1. The van der Waals surface area contributed by atoms with Gasteiger partial charge in [-0.25, -0.2) is 9.79 Å². The molecule has 10 heteroatoms. The quantitative estimate of drug-likeness (QED) is 0.201. The number of aromatic nitrogens is 1. The zero-order valence-corrected chi connectivity index (χ0v) is 26.8. The third-order valence-electron chi connectivity index (χ3n) is 7.05. The topological polar surface area (TPSA) is 97.6 Å². The third kappa shape index (κ3) is 6.96. The van der Waals surface area contributed by atoms with E-state index in [1.54, 1.807) is 18.2 Å². The molecule has 3 aromatic carbocycles. The number of fused-ring (bicyclic) bond motifs is 1. The van der Waals surface area contributed by atoms with Crippen LogP contribution in [0.15, 0.2) is 82.2 Å². The second-order valence-electron chi connectivity index (χ2n) is 10.2. The Kier molecular flexibility index (Phi) is 10.0. The Bertz CT molecular complexity index is 1910. The fourth-order valence-electron chi connectivity index (χ4n) is 5.10. The minimum absolute atomic E-state index is 0.233. The normalized spacial score (nSPS) is 14.2. The van der Waals surface area contributed by atoms with E-state index in [4.69, 9.17) is 23.7 Å². The number of hydrogen-bond donors (Lipinski definition) is 0. The number of nitrogens with zero attached hydrogens (tertiary/aromatic N) is 2. The Hall–Kier alpha value is -4.83. The molecule has 9 nitrogen and oxygen atoms in total. The molecule has 0 saturated carbocycles. The van der Waals surface area contributed by atoms with E-state index in [0.29, 0.717) is 64.3 Å². The fraction of sp³-hybridized carbons (Fsp3) is 0.286. The lowest BCUT2D eigenvalue weighted by molar-refractivity contribution is -0.136. The van der Waals surface area contributed by atoms with Crippen LogP contribution in [0.5, 0.6) is 23.0 Å². The third-order valence-corrected chi connectivity index (χ3v) is 8.05. The standard InChI is InChI=1S/C35H36N2O7S/c1-6-41-27-15-13-25(19-30(27)43-8-3)32-26(34(39)40-5)20-36-35-37(32)33(38)31(45-35)18-23-12-14-28(29(17-23)42-7-2)44-21-24-11-9-10-22(4)16-24/h9-20,32H,6-8,21H2,1-5H3/b31-18-/t32-/m0/s1. The summed E-state index contributed by atoms with van der Waals surface area (Å²) >= 11 is 1.24. The number of rotatable bonds is 12. The van der Waals surface area contributed by atoms with Crippen molar-refractivity contribution in [3.05, 3.63) is 114 Å². The largest absolute Gasteiger partial charge is 0.490 e. The van der Waals surface area contributed by atoms with Crippen molar-refractivity contribution < 1.29 is 28.5 Å². The average molecular weight is 629 g/mol. The predicted octanol–water partition coefficient (Wildman–Crippen LogP) is 5.10. The Labute approximate surface area is 265 Å². The molecule has 1 atom stereocenters. The molecule has 1 aliphatic heterocycles. The van der Waals surface area contributed by atoms with Crippen LogP contribution in [0.4, 0.5) is 0 Å². The van der Waals surface area contributed by atoms with Crippen molar-refractivity contribution >= 4 is 23.4 Å². The van der Waals surface area contributed by atoms with E-state index in [1.807, 2.05) is 70.2 Å². The van der Waals surface area contributed by atoms with Crippen LogP contribution in [0.25, 0.3) is 6.08 Å². The average Bonchev–Trinajstić information content (AvgIpc) is 3.35. The zero-order chi connectivity index (χ0) is 31.9. The van der Waals surface area contributed by atoms with E-state index in [-0.39, 0.29) is 11.1 Å². The number of ether oxygens (including phenoxy) is 5. The van der Waals surface area contributed by atoms with Crippen LogP contribution in [-0.4, -0.2) is 37.5 Å². The molecule has 0 fully saturated rings. The van der Waals surface area contributed by atoms with Gasteiger partial charge in [0.05, 0.1) is 43.1 Å². The smallest absolute Gasteiger partial charge is 0.337 e. The number of carbonyl (C=O) groups is 1. The summed E-state index contributed by atoms with van der Waals surface area (Å²) in [6, 6.07) is 18.3. The van der Waals surface area contributed by atoms with Gasteiger partial charge in [0.25, 0.3) is 5.56 Å². The Morgan fingerprint density at radius 3 is 2.29 bits per heavy atom. The molecule has 0 amide bonds. The molecular weight excluding hydrogens is 592 g/mol. The van der Waals surface area contributed by atoms with Crippen LogP contribution in [-0.2, 0) is 16.1 Å². The van der Waals surface area contributed by atoms with Crippen molar-refractivity contribution in [1.29, 1.82) is 0 Å². The summed E-state index contributed by atoms with van der Waals surface area (Å²) in [6.45, 7) is 9.47. The molecule has 0 radical (unpaired) electrons. The summed E-state index contributed by atoms with van der Waals surface area (Å²) < 4.78 is 30.6. The monoisotopic (exact) mass is 628 g/mol. The predicted molar refractivity (Wildman–Crippen MR) is 173 cm³/mol. The van der Waals surface area contributed by atoms with Crippen molar-refractivity contribution in [2.24, 2.45) is 4.99 Å². The lowest BCUT2D eigenvalue weighted by Crippen LogP contribution is -2.39. The molecule has 0 spiro atoms. The summed E-state index contributed by atoms with van der Waals surface area (Å²) in [7, 11) is 1.30. The van der Waals surface area contributed by atoms with Crippen LogP contribution in [0, 0.1) is 6.92 Å². The van der Waals surface area contributed by atoms with Gasteiger partial charge in [-0.05, 0) is 74.7 Å². The number of esters is 1. The molecule has 0 bridgehead atoms. The number of thiazole rings is 1. The van der Waals surface area contributed by atoms with Crippen molar-refractivity contribution in [2.45, 2.75) is 40.3 Å². The molecule has 0 saturated heterocycles. The van der Waals surface area contributed by atoms with E-state index in [2.05, 4.69) is 11.1 Å². The summed E-state index contributed by atoms with van der Waals surface area (Å²) in [6.07, 6.45) is 3.26. The van der Waals surface area contributed by atoms with E-state index < -0.39 is 12.0 Å². The second-order valence-corrected chi connectivity index (χ2v) is 11.2. The van der Waals surface area contributed by atoms with Crippen LogP contribution in [0.3, 0.4) is 0 Å². The molecule has 4 aromatic rings. The zero-order valence-electron chi connectivity index (χ0n) is 26.0. The molecule has 45 heavy (non-hydrogen) atoms. The van der Waals surface area contributed by atoms with Gasteiger partial charge in [0, 0.05) is 6.20 Å². The SMILES string of the molecule is CCOc1ccc([C@H]2C(C(=O)OC)=CN=c3s/c(=C\c4ccc(OCc5cccc(C)c5)c(OCC)c4)c(=O)n32)cc1OCC. The Morgan fingerprint density at radius 1 is 0.889 bits per heavy atom. The lowest BCUT2D eigenvalue weighted by atomic mass is 9.97. The number of benzene rings is 3. The van der Waals surface area contributed by atoms with Gasteiger partial charge in [-0.15, -0.1) is 0 Å². The molecule has 1 aliphatic rings. The Morgan fingerprint density at radius 2 is 1.58 bits per heavy atom. The molecule has 0 aliphatic carbocycles. The summed E-state index contributed by atoms with van der Waals surface area (Å²) in [4.78, 5) is 31.8. The first-order valence-corrected chi connectivity index (χ1v) is 15.6. The molecule has 1 aromatic heterocycles. The van der Waals surface area contributed by atoms with Gasteiger partial charge in [0.15, 0.2) is 27.8 Å². The maximum Gasteiger partial charge on any atom is 0.337 e. The molecular formula is C35H36N2O7S. The minimum atomic E-state index is -0.776. The molecule has 0 unspecified atom stereocenters. The summed E-state index contributed by atoms with van der Waals surface area (Å²) in [5.41, 5.74) is 3.59. The van der Waals surface area contributed by atoms with Crippen molar-refractivity contribution in [3.8, 4) is 23.0 Å². The molecule has 5 rings (SSSR count). The fourth-order valence-corrected chi connectivity index (χ4v) is 6.07. The highest BCUT2D eigenvalue weighted by Gasteiger charge is 2.31. The van der Waals surface area contributed by atoms with Crippen LogP contribution < -0.4 is 33.8 Å². The highest BCUT2D eigenvalue weighted by Crippen LogP contribution is 2.35. The first kappa shape index (κ1) is 31.6. The Balaban J connectivity index is 1.54. The maximum atomic E-state index is 14.0. The van der Waals surface area contributed by atoms with Gasteiger partial charge in [0.2, 0.25) is 0 Å². The highest BCUT2D eigenvalue weighted by atomic mass is 32.1. The molecule has 0 N–H and O–H groups in total. The van der Waals surface area contributed by atoms with Gasteiger partial charge in [-0.1, -0.05) is 53.3 Å². The van der Waals surface area contributed by atoms with E-state index >= 15 is 0 Å². The number of methoxy groups -OCH3 is 1. The van der Waals surface area contributed by atoms with Gasteiger partial charge in [0.1, 0.15) is 6.61 Å². The van der Waals surface area contributed by atoms with Gasteiger partial charge in [-0.3, -0.25) is 9.36 Å². The molecule has 234 valence electrons. The minimum Gasteiger partial charge on any atom is -0.490 e. The van der Waals surface area contributed by atoms with Crippen LogP contribution in [0.2, 0.25) is 0 Å². The van der Waals surface area contributed by atoms with E-state index in [1.165, 1.54) is 29.2 Å². The van der Waals surface area contributed by atoms with Crippen molar-refractivity contribution in [3.63, 3.8) is 0 Å². The first-order valence-electron chi connectivity index (χ1n) is 14.8. The lowest BCUT2D eigenvalue weighted by Gasteiger charge is -2.23. The van der Waals surface area contributed by atoms with Gasteiger partial charge < -0.3 is 23.7 Å². The maximum absolute atomic E-state index is 14.0. The molecule has 2 heterocycles. The van der Waals surface area contributed by atoms with E-state index in [0.717, 1.165) is 16.7 Å². The summed E-state index contributed by atoms with van der Waals surface area (Å²) in [5, 5.41) is 0. The number of hydrogen-bond acceptors (Lipinski definition) is 9. The summed E-state index contributed by atoms with van der Waals surface area (Å²) in [5.74, 6) is 1.71. The van der Waals surface area contributed by atoms with Gasteiger partial charge in [-0.2, -0.15) is 0 Å². The number of aryl methyl sites for hydroxylation is 1. The highest BCUT2D eigenvalue weighted by molar-refractivity contribution is 7.07. The van der Waals surface area contributed by atoms with Crippen LogP contribution >= 0.6 is 11.3 Å². The first-order chi connectivity index (χ1) is 21.9. The van der Waals surface area contributed by atoms with Crippen molar-refractivity contribution in [2.75, 3.05) is 26.9 Å². The van der Waals surface area contributed by atoms with E-state index in [9.17, 15) is 9.59 Å². The van der Waals surface area contributed by atoms with Crippen molar-refractivity contribution in [1.82, 2.24) is 4.57 Å². The van der Waals surface area contributed by atoms with Gasteiger partial charge >= 0.3 is 5.97 Å². The second kappa shape index (κ2) is 14.3.